The van der Waals surface area contributed by atoms with Crippen LogP contribution in [0.2, 0.25) is 5.02 Å². The van der Waals surface area contributed by atoms with Gasteiger partial charge in [0.1, 0.15) is 11.3 Å². The van der Waals surface area contributed by atoms with Crippen molar-refractivity contribution in [3.8, 4) is 16.9 Å². The average Bonchev–Trinajstić information content (AvgIpc) is 3.27. The van der Waals surface area contributed by atoms with Crippen molar-refractivity contribution in [1.82, 2.24) is 4.98 Å². The second-order valence-corrected chi connectivity index (χ2v) is 8.55. The standard InChI is InChI=1S/C20H15ClN2O2S2/c1-11-7-10-16(26-11)19(24)23-20-22-17-15(25-2)9-8-13(18(17)27-20)12-5-3-4-6-14(12)21/h3-10H,1-2H3,(H,22,23,24). The number of halogens is 1. The summed E-state index contributed by atoms with van der Waals surface area (Å²) < 4.78 is 6.37. The van der Waals surface area contributed by atoms with E-state index in [1.807, 2.05) is 55.5 Å². The lowest BCUT2D eigenvalue weighted by atomic mass is 10.0. The molecule has 27 heavy (non-hydrogen) atoms. The molecular formula is C20H15ClN2O2S2. The number of thiazole rings is 1. The van der Waals surface area contributed by atoms with Gasteiger partial charge in [0.2, 0.25) is 0 Å². The van der Waals surface area contributed by atoms with Gasteiger partial charge in [-0.1, -0.05) is 41.1 Å². The van der Waals surface area contributed by atoms with Crippen LogP contribution in [-0.2, 0) is 0 Å². The highest BCUT2D eigenvalue weighted by molar-refractivity contribution is 7.23. The SMILES string of the molecule is COc1ccc(-c2ccccc2Cl)c2sc(NC(=O)c3ccc(C)s3)nc12. The average molecular weight is 415 g/mol. The van der Waals surface area contributed by atoms with Crippen molar-refractivity contribution in [3.05, 3.63) is 63.3 Å². The largest absolute Gasteiger partial charge is 0.494 e. The smallest absolute Gasteiger partial charge is 0.267 e. The van der Waals surface area contributed by atoms with Crippen LogP contribution in [0.15, 0.2) is 48.5 Å². The molecule has 0 unspecified atom stereocenters. The van der Waals surface area contributed by atoms with Gasteiger partial charge in [0.05, 0.1) is 16.7 Å². The third-order valence-electron chi connectivity index (χ3n) is 4.08. The second kappa shape index (κ2) is 7.31. The highest BCUT2D eigenvalue weighted by atomic mass is 35.5. The molecule has 136 valence electrons. The summed E-state index contributed by atoms with van der Waals surface area (Å²) in [4.78, 5) is 18.8. The molecule has 0 aliphatic heterocycles. The first kappa shape index (κ1) is 18.0. The van der Waals surface area contributed by atoms with Gasteiger partial charge in [0, 0.05) is 21.0 Å². The molecule has 0 bridgehead atoms. The van der Waals surface area contributed by atoms with Crippen molar-refractivity contribution < 1.29 is 9.53 Å². The van der Waals surface area contributed by atoms with Gasteiger partial charge in [-0.05, 0) is 37.3 Å². The Bertz CT molecular complexity index is 1150. The first-order valence-corrected chi connectivity index (χ1v) is 10.2. The van der Waals surface area contributed by atoms with E-state index in [0.29, 0.717) is 26.3 Å². The molecule has 4 rings (SSSR count). The Hall–Kier alpha value is -2.41. The molecule has 0 atom stereocenters. The Morgan fingerprint density at radius 3 is 2.59 bits per heavy atom. The number of carbonyl (C=O) groups excluding carboxylic acids is 1. The van der Waals surface area contributed by atoms with E-state index >= 15 is 0 Å². The van der Waals surface area contributed by atoms with Crippen molar-refractivity contribution in [3.63, 3.8) is 0 Å². The van der Waals surface area contributed by atoms with Gasteiger partial charge in [-0.3, -0.25) is 10.1 Å². The summed E-state index contributed by atoms with van der Waals surface area (Å²) in [6.07, 6.45) is 0. The molecular weight excluding hydrogens is 400 g/mol. The molecule has 1 N–H and O–H groups in total. The number of benzene rings is 2. The second-order valence-electron chi connectivity index (χ2n) is 5.86. The lowest BCUT2D eigenvalue weighted by molar-refractivity contribution is 0.103. The highest BCUT2D eigenvalue weighted by Crippen LogP contribution is 2.41. The third-order valence-corrected chi connectivity index (χ3v) is 6.41. The maximum atomic E-state index is 12.5. The molecule has 0 fully saturated rings. The number of thiophene rings is 1. The first-order valence-electron chi connectivity index (χ1n) is 8.17. The van der Waals surface area contributed by atoms with E-state index in [1.165, 1.54) is 22.7 Å². The van der Waals surface area contributed by atoms with Gasteiger partial charge < -0.3 is 4.74 Å². The number of ether oxygens (including phenoxy) is 1. The summed E-state index contributed by atoms with van der Waals surface area (Å²) in [5.41, 5.74) is 2.58. The number of rotatable bonds is 4. The molecule has 4 aromatic rings. The van der Waals surface area contributed by atoms with Gasteiger partial charge in [0.25, 0.3) is 5.91 Å². The number of nitrogens with zero attached hydrogens (tertiary/aromatic N) is 1. The van der Waals surface area contributed by atoms with E-state index in [0.717, 1.165) is 20.7 Å². The summed E-state index contributed by atoms with van der Waals surface area (Å²) >= 11 is 9.25. The topological polar surface area (TPSA) is 51.2 Å². The van der Waals surface area contributed by atoms with Crippen LogP contribution in [0.5, 0.6) is 5.75 Å². The molecule has 4 nitrogen and oxygen atoms in total. The Balaban J connectivity index is 1.79. The van der Waals surface area contributed by atoms with Gasteiger partial charge >= 0.3 is 0 Å². The van der Waals surface area contributed by atoms with Crippen LogP contribution < -0.4 is 10.1 Å². The number of aromatic nitrogens is 1. The first-order chi connectivity index (χ1) is 13.1. The minimum Gasteiger partial charge on any atom is -0.494 e. The Kier molecular flexibility index (Phi) is 4.86. The van der Waals surface area contributed by atoms with Crippen molar-refractivity contribution in [1.29, 1.82) is 0 Å². The van der Waals surface area contributed by atoms with Crippen molar-refractivity contribution in [2.45, 2.75) is 6.92 Å². The zero-order valence-electron chi connectivity index (χ0n) is 14.6. The van der Waals surface area contributed by atoms with Gasteiger partial charge in [-0.15, -0.1) is 11.3 Å². The number of hydrogen-bond donors (Lipinski definition) is 1. The van der Waals surface area contributed by atoms with Crippen LogP contribution in [0.3, 0.4) is 0 Å². The molecule has 0 radical (unpaired) electrons. The molecule has 1 amide bonds. The molecule has 2 heterocycles. The summed E-state index contributed by atoms with van der Waals surface area (Å²) in [5.74, 6) is 0.495. The van der Waals surface area contributed by atoms with Gasteiger partial charge in [0.15, 0.2) is 5.13 Å². The summed E-state index contributed by atoms with van der Waals surface area (Å²) in [7, 11) is 1.61. The fourth-order valence-electron chi connectivity index (χ4n) is 2.81. The lowest BCUT2D eigenvalue weighted by Gasteiger charge is -2.07. The van der Waals surface area contributed by atoms with Crippen LogP contribution in [0.25, 0.3) is 21.3 Å². The molecule has 2 aromatic carbocycles. The molecule has 7 heteroatoms. The predicted octanol–water partition coefficient (Wildman–Crippen LogP) is 6.25. The summed E-state index contributed by atoms with van der Waals surface area (Å²) in [5, 5.41) is 4.09. The van der Waals surface area contributed by atoms with E-state index in [2.05, 4.69) is 10.3 Å². The van der Waals surface area contributed by atoms with Crippen LogP contribution >= 0.6 is 34.3 Å². The highest BCUT2D eigenvalue weighted by Gasteiger charge is 2.17. The normalized spacial score (nSPS) is 10.9. The number of fused-ring (bicyclic) bond motifs is 1. The van der Waals surface area contributed by atoms with E-state index in [9.17, 15) is 4.79 Å². The van der Waals surface area contributed by atoms with E-state index in [-0.39, 0.29) is 5.91 Å². The fourth-order valence-corrected chi connectivity index (χ4v) is 4.81. The number of anilines is 1. The Morgan fingerprint density at radius 2 is 1.89 bits per heavy atom. The van der Waals surface area contributed by atoms with Crippen molar-refractivity contribution >= 4 is 55.5 Å². The molecule has 0 saturated carbocycles. The van der Waals surface area contributed by atoms with E-state index in [1.54, 1.807) is 7.11 Å². The van der Waals surface area contributed by atoms with Gasteiger partial charge in [-0.25, -0.2) is 4.98 Å². The zero-order chi connectivity index (χ0) is 19.0. The number of carbonyl (C=O) groups is 1. The van der Waals surface area contributed by atoms with E-state index in [4.69, 9.17) is 16.3 Å². The lowest BCUT2D eigenvalue weighted by Crippen LogP contribution is -2.09. The Labute approximate surface area is 169 Å². The molecule has 0 aliphatic carbocycles. The summed E-state index contributed by atoms with van der Waals surface area (Å²) in [6, 6.07) is 15.2. The van der Waals surface area contributed by atoms with Crippen molar-refractivity contribution in [2.24, 2.45) is 0 Å². The number of hydrogen-bond acceptors (Lipinski definition) is 5. The number of amides is 1. The molecule has 0 spiro atoms. The fraction of sp³-hybridized carbons (Fsp3) is 0.100. The molecule has 0 aliphatic rings. The number of nitrogens with one attached hydrogen (secondary N) is 1. The predicted molar refractivity (Wildman–Crippen MR) is 114 cm³/mol. The quantitative estimate of drug-likeness (QED) is 0.429. The van der Waals surface area contributed by atoms with Crippen LogP contribution in [0.4, 0.5) is 5.13 Å². The maximum Gasteiger partial charge on any atom is 0.267 e. The summed E-state index contributed by atoms with van der Waals surface area (Å²) in [6.45, 7) is 1.97. The van der Waals surface area contributed by atoms with Crippen LogP contribution in [0.1, 0.15) is 14.5 Å². The van der Waals surface area contributed by atoms with E-state index < -0.39 is 0 Å². The molecule has 0 saturated heterocycles. The monoisotopic (exact) mass is 414 g/mol. The van der Waals surface area contributed by atoms with Gasteiger partial charge in [-0.2, -0.15) is 0 Å². The maximum absolute atomic E-state index is 12.5. The number of methoxy groups -OCH3 is 1. The van der Waals surface area contributed by atoms with Crippen LogP contribution in [-0.4, -0.2) is 18.0 Å². The number of aryl methyl sites for hydroxylation is 1. The molecule has 2 aromatic heterocycles. The Morgan fingerprint density at radius 1 is 1.07 bits per heavy atom. The minimum absolute atomic E-state index is 0.162. The zero-order valence-corrected chi connectivity index (χ0v) is 17.0. The third kappa shape index (κ3) is 3.43. The van der Waals surface area contributed by atoms with Crippen molar-refractivity contribution in [2.75, 3.05) is 12.4 Å². The van der Waals surface area contributed by atoms with Crippen LogP contribution in [0, 0.1) is 6.92 Å². The minimum atomic E-state index is -0.162.